The van der Waals surface area contributed by atoms with Crippen LogP contribution in [0.4, 0.5) is 17.1 Å². The van der Waals surface area contributed by atoms with Crippen LogP contribution in [0.1, 0.15) is 0 Å². The summed E-state index contributed by atoms with van der Waals surface area (Å²) in [6.45, 7) is 0. The molecule has 3 nitrogen and oxygen atoms in total. The maximum Gasteiger partial charge on any atom is 0.135 e. The predicted molar refractivity (Wildman–Crippen MR) is 257 cm³/mol. The fourth-order valence-electron chi connectivity index (χ4n) is 9.34. The Bertz CT molecular complexity index is 3500. The molecule has 286 valence electrons. The van der Waals surface area contributed by atoms with Crippen LogP contribution in [0.5, 0.6) is 0 Å². The maximum absolute atomic E-state index is 6.14. The zero-order chi connectivity index (χ0) is 40.3. The van der Waals surface area contributed by atoms with Gasteiger partial charge in [0.1, 0.15) is 11.2 Å². The van der Waals surface area contributed by atoms with E-state index in [9.17, 15) is 0 Å². The summed E-state index contributed by atoms with van der Waals surface area (Å²) in [5.74, 6) is 0. The molecule has 0 aliphatic rings. The first-order valence-electron chi connectivity index (χ1n) is 20.8. The highest BCUT2D eigenvalue weighted by molar-refractivity contribution is 6.10. The number of aromatic nitrogens is 1. The van der Waals surface area contributed by atoms with Crippen LogP contribution in [0.2, 0.25) is 0 Å². The number of para-hydroxylation sites is 3. The highest BCUT2D eigenvalue weighted by atomic mass is 16.3. The Morgan fingerprint density at radius 1 is 0.328 bits per heavy atom. The van der Waals surface area contributed by atoms with Crippen molar-refractivity contribution < 1.29 is 4.42 Å². The third-order valence-electron chi connectivity index (χ3n) is 12.2. The van der Waals surface area contributed by atoms with Crippen molar-refractivity contribution in [3.8, 4) is 39.1 Å². The summed E-state index contributed by atoms with van der Waals surface area (Å²) < 4.78 is 8.51. The standard InChI is InChI=1S/C58H38N2O/c1-2-12-40(13-3-1)48-19-10-14-42-15-11-20-49(58(42)48)41-26-31-45(32-27-41)59(44-29-24-39(25-30-44)43-28-37-57-53(38-43)52-18-6-9-23-56(52)61-57)46-33-35-47(36-34-46)60-54-21-7-4-16-50(54)51-17-5-8-22-55(51)60/h1-38H. The normalized spacial score (nSPS) is 11.6. The van der Waals surface area contributed by atoms with Gasteiger partial charge in [-0.25, -0.2) is 0 Å². The van der Waals surface area contributed by atoms with Crippen molar-refractivity contribution in [1.29, 1.82) is 0 Å². The molecule has 0 saturated heterocycles. The Kier molecular flexibility index (Phi) is 8.17. The van der Waals surface area contributed by atoms with E-state index in [1.165, 1.54) is 54.8 Å². The van der Waals surface area contributed by atoms with Crippen LogP contribution >= 0.6 is 0 Å². The van der Waals surface area contributed by atoms with Gasteiger partial charge in [-0.1, -0.05) is 152 Å². The Morgan fingerprint density at radius 3 is 1.46 bits per heavy atom. The average Bonchev–Trinajstić information content (AvgIpc) is 3.88. The van der Waals surface area contributed by atoms with Crippen molar-refractivity contribution in [2.24, 2.45) is 0 Å². The van der Waals surface area contributed by atoms with E-state index in [0.29, 0.717) is 0 Å². The number of fused-ring (bicyclic) bond motifs is 7. The highest BCUT2D eigenvalue weighted by Gasteiger charge is 2.17. The van der Waals surface area contributed by atoms with E-state index in [1.54, 1.807) is 0 Å². The smallest absolute Gasteiger partial charge is 0.135 e. The molecular weight excluding hydrogens is 741 g/mol. The van der Waals surface area contributed by atoms with E-state index in [4.69, 9.17) is 4.42 Å². The van der Waals surface area contributed by atoms with E-state index >= 15 is 0 Å². The predicted octanol–water partition coefficient (Wildman–Crippen LogP) is 16.3. The Balaban J connectivity index is 0.962. The molecule has 12 rings (SSSR count). The number of rotatable bonds is 7. The van der Waals surface area contributed by atoms with Gasteiger partial charge in [-0.2, -0.15) is 0 Å². The Hall–Kier alpha value is -8.14. The Labute approximate surface area is 353 Å². The van der Waals surface area contributed by atoms with Gasteiger partial charge in [0.2, 0.25) is 0 Å². The summed E-state index contributed by atoms with van der Waals surface area (Å²) in [5.41, 5.74) is 15.7. The first-order chi connectivity index (χ1) is 30.2. The van der Waals surface area contributed by atoms with Crippen molar-refractivity contribution in [1.82, 2.24) is 4.57 Å². The number of hydrogen-bond donors (Lipinski definition) is 0. The van der Waals surface area contributed by atoms with Crippen LogP contribution in [-0.2, 0) is 0 Å². The lowest BCUT2D eigenvalue weighted by molar-refractivity contribution is 0.669. The maximum atomic E-state index is 6.14. The summed E-state index contributed by atoms with van der Waals surface area (Å²) in [5, 5.41) is 7.27. The first-order valence-corrected chi connectivity index (χ1v) is 20.8. The molecule has 10 aromatic carbocycles. The molecule has 0 unspecified atom stereocenters. The van der Waals surface area contributed by atoms with Crippen molar-refractivity contribution >= 4 is 71.6 Å². The highest BCUT2D eigenvalue weighted by Crippen LogP contribution is 2.41. The minimum Gasteiger partial charge on any atom is -0.456 e. The average molecular weight is 779 g/mol. The molecule has 0 aliphatic heterocycles. The second-order valence-corrected chi connectivity index (χ2v) is 15.7. The molecule has 2 heterocycles. The quantitative estimate of drug-likeness (QED) is 0.161. The van der Waals surface area contributed by atoms with Crippen molar-refractivity contribution in [2.45, 2.75) is 0 Å². The summed E-state index contributed by atoms with van der Waals surface area (Å²) in [6.07, 6.45) is 0. The van der Waals surface area contributed by atoms with Gasteiger partial charge in [-0.15, -0.1) is 0 Å². The summed E-state index contributed by atoms with van der Waals surface area (Å²) in [6, 6.07) is 83.0. The van der Waals surface area contributed by atoms with Crippen LogP contribution in [-0.4, -0.2) is 4.57 Å². The molecule has 0 bridgehead atoms. The van der Waals surface area contributed by atoms with Gasteiger partial charge in [-0.3, -0.25) is 0 Å². The van der Waals surface area contributed by atoms with E-state index in [-0.39, 0.29) is 0 Å². The molecule has 61 heavy (non-hydrogen) atoms. The first kappa shape index (κ1) is 34.9. The van der Waals surface area contributed by atoms with Gasteiger partial charge in [0.25, 0.3) is 0 Å². The topological polar surface area (TPSA) is 21.3 Å². The molecule has 2 aromatic heterocycles. The molecule has 0 N–H and O–H groups in total. The number of nitrogens with zero attached hydrogens (tertiary/aromatic N) is 2. The van der Waals surface area contributed by atoms with E-state index in [2.05, 4.69) is 228 Å². The summed E-state index contributed by atoms with van der Waals surface area (Å²) in [7, 11) is 0. The molecule has 0 spiro atoms. The lowest BCUT2D eigenvalue weighted by Gasteiger charge is -2.26. The zero-order valence-electron chi connectivity index (χ0n) is 33.2. The Morgan fingerprint density at radius 2 is 0.820 bits per heavy atom. The third-order valence-corrected chi connectivity index (χ3v) is 12.2. The molecule has 0 saturated carbocycles. The molecule has 0 amide bonds. The van der Waals surface area contributed by atoms with E-state index in [1.807, 2.05) is 12.1 Å². The van der Waals surface area contributed by atoms with Crippen molar-refractivity contribution in [3.05, 3.63) is 231 Å². The number of furan rings is 1. The largest absolute Gasteiger partial charge is 0.456 e. The van der Waals surface area contributed by atoms with Crippen LogP contribution in [0, 0.1) is 0 Å². The molecular formula is C58H38N2O. The minimum absolute atomic E-state index is 0.903. The molecule has 3 heteroatoms. The molecule has 0 atom stereocenters. The second-order valence-electron chi connectivity index (χ2n) is 15.7. The van der Waals surface area contributed by atoms with Gasteiger partial charge in [-0.05, 0) is 123 Å². The lowest BCUT2D eigenvalue weighted by atomic mass is 9.91. The molecule has 0 aliphatic carbocycles. The van der Waals surface area contributed by atoms with Gasteiger partial charge in [0.05, 0.1) is 11.0 Å². The molecule has 0 radical (unpaired) electrons. The number of benzene rings is 10. The van der Waals surface area contributed by atoms with Gasteiger partial charge in [0, 0.05) is 44.3 Å². The molecule has 0 fully saturated rings. The fraction of sp³-hybridized carbons (Fsp3) is 0. The lowest BCUT2D eigenvalue weighted by Crippen LogP contribution is -2.10. The van der Waals surface area contributed by atoms with Gasteiger partial charge in [0.15, 0.2) is 0 Å². The van der Waals surface area contributed by atoms with Crippen LogP contribution in [0.3, 0.4) is 0 Å². The number of hydrogen-bond acceptors (Lipinski definition) is 2. The van der Waals surface area contributed by atoms with Crippen molar-refractivity contribution in [3.63, 3.8) is 0 Å². The van der Waals surface area contributed by atoms with Gasteiger partial charge >= 0.3 is 0 Å². The zero-order valence-corrected chi connectivity index (χ0v) is 33.2. The monoisotopic (exact) mass is 778 g/mol. The third kappa shape index (κ3) is 5.90. The second kappa shape index (κ2) is 14.3. The van der Waals surface area contributed by atoms with Crippen LogP contribution in [0.25, 0.3) is 93.6 Å². The summed E-state index contributed by atoms with van der Waals surface area (Å²) in [4.78, 5) is 2.36. The van der Waals surface area contributed by atoms with Gasteiger partial charge < -0.3 is 13.9 Å². The fourth-order valence-corrected chi connectivity index (χ4v) is 9.34. The van der Waals surface area contributed by atoms with E-state index in [0.717, 1.165) is 55.8 Å². The number of anilines is 3. The SMILES string of the molecule is c1ccc(-c2cccc3cccc(-c4ccc(N(c5ccc(-c6ccc7oc8ccccc8c7c6)cc5)c5ccc(-n6c7ccccc7c7ccccc76)cc5)cc4)c23)cc1. The van der Waals surface area contributed by atoms with Crippen LogP contribution in [0.15, 0.2) is 235 Å². The molecule has 12 aromatic rings. The van der Waals surface area contributed by atoms with Crippen LogP contribution < -0.4 is 4.90 Å². The van der Waals surface area contributed by atoms with E-state index < -0.39 is 0 Å². The summed E-state index contributed by atoms with van der Waals surface area (Å²) >= 11 is 0. The van der Waals surface area contributed by atoms with Crippen molar-refractivity contribution in [2.75, 3.05) is 4.90 Å². The minimum atomic E-state index is 0.903.